The maximum atomic E-state index is 14.0. The number of benzene rings is 2. The largest absolute Gasteiger partial charge is 0.207 e. The third-order valence-electron chi connectivity index (χ3n) is 3.10. The second-order valence-electron chi connectivity index (χ2n) is 4.50. The lowest BCUT2D eigenvalue weighted by Crippen LogP contribution is -1.91. The molecule has 0 aliphatic rings. The van der Waals surface area contributed by atoms with Crippen molar-refractivity contribution in [2.75, 3.05) is 0 Å². The van der Waals surface area contributed by atoms with Crippen LogP contribution < -0.4 is 0 Å². The molecule has 4 heteroatoms. The Kier molecular flexibility index (Phi) is 2.87. The van der Waals surface area contributed by atoms with E-state index < -0.39 is 11.6 Å². The van der Waals surface area contributed by atoms with Gasteiger partial charge in [-0.3, -0.25) is 0 Å². The van der Waals surface area contributed by atoms with Crippen LogP contribution in [0.25, 0.3) is 21.6 Å². The van der Waals surface area contributed by atoms with E-state index in [1.807, 2.05) is 0 Å². The first-order chi connectivity index (χ1) is 9.06. The zero-order chi connectivity index (χ0) is 13.6. The van der Waals surface area contributed by atoms with Gasteiger partial charge in [-0.15, -0.1) is 8.19 Å². The molecule has 3 aromatic rings. The number of halogens is 3. The van der Waals surface area contributed by atoms with Gasteiger partial charge in [-0.1, -0.05) is 6.07 Å². The minimum absolute atomic E-state index is 0.0246. The predicted octanol–water partition coefficient (Wildman–Crippen LogP) is 5.26. The molecule has 0 N–H and O–H groups in total. The molecular weight excluding hydrogens is 268 g/mol. The van der Waals surface area contributed by atoms with Gasteiger partial charge in [0.15, 0.2) is 0 Å². The summed E-state index contributed by atoms with van der Waals surface area (Å²) in [6, 6.07) is 6.93. The second kappa shape index (κ2) is 4.43. The van der Waals surface area contributed by atoms with Gasteiger partial charge >= 0.3 is 0 Å². The van der Waals surface area contributed by atoms with E-state index in [0.29, 0.717) is 16.5 Å². The predicted molar refractivity (Wildman–Crippen MR) is 73.5 cm³/mol. The van der Waals surface area contributed by atoms with E-state index in [4.69, 9.17) is 0 Å². The Morgan fingerprint density at radius 2 is 1.63 bits per heavy atom. The summed E-state index contributed by atoms with van der Waals surface area (Å²) in [6.07, 6.45) is 0. The number of rotatable bonds is 1. The van der Waals surface area contributed by atoms with E-state index >= 15 is 0 Å². The highest BCUT2D eigenvalue weighted by atomic mass is 31.0. The highest BCUT2D eigenvalue weighted by Crippen LogP contribution is 2.39. The Morgan fingerprint density at radius 3 is 2.32 bits per heavy atom. The van der Waals surface area contributed by atoms with Crippen molar-refractivity contribution < 1.29 is 13.2 Å². The number of hydrogen-bond acceptors (Lipinski definition) is 0. The summed E-state index contributed by atoms with van der Waals surface area (Å²) in [5.41, 5.74) is 1.03. The second-order valence-corrected chi connectivity index (χ2v) is 5.61. The highest BCUT2D eigenvalue weighted by molar-refractivity contribution is 7.36. The summed E-state index contributed by atoms with van der Waals surface area (Å²) in [7, 11) is 0.237. The summed E-state index contributed by atoms with van der Waals surface area (Å²) < 4.78 is 41.1. The Labute approximate surface area is 110 Å². The summed E-state index contributed by atoms with van der Waals surface area (Å²) in [4.78, 5) is 0. The molecule has 0 nitrogen and oxygen atoms in total. The molecule has 96 valence electrons. The van der Waals surface area contributed by atoms with Crippen molar-refractivity contribution in [1.29, 1.82) is 0 Å². The van der Waals surface area contributed by atoms with Crippen molar-refractivity contribution in [3.8, 4) is 11.1 Å². The first-order valence-corrected chi connectivity index (χ1v) is 6.86. The third kappa shape index (κ3) is 2.04. The van der Waals surface area contributed by atoms with E-state index in [0.717, 1.165) is 5.12 Å². The minimum atomic E-state index is -0.578. The summed E-state index contributed by atoms with van der Waals surface area (Å²) >= 11 is 0. The summed E-state index contributed by atoms with van der Waals surface area (Å²) in [6.45, 7) is 1.64. The fourth-order valence-electron chi connectivity index (χ4n) is 2.26. The fraction of sp³-hybridized carbons (Fsp3) is 0.0667. The molecule has 0 radical (unpaired) electrons. The molecule has 1 heterocycles. The molecule has 1 aromatic heterocycles. The number of hydrogen-bond donors (Lipinski definition) is 0. The molecule has 2 aromatic carbocycles. The van der Waals surface area contributed by atoms with Gasteiger partial charge < -0.3 is 0 Å². The van der Waals surface area contributed by atoms with Crippen LogP contribution in [0.1, 0.15) is 5.56 Å². The topological polar surface area (TPSA) is 0 Å². The van der Waals surface area contributed by atoms with Gasteiger partial charge in [0.05, 0.1) is 5.56 Å². The molecule has 0 saturated carbocycles. The minimum Gasteiger partial charge on any atom is -0.207 e. The zero-order valence-corrected chi connectivity index (χ0v) is 11.1. The van der Waals surface area contributed by atoms with Crippen molar-refractivity contribution in [3.63, 3.8) is 0 Å². The summed E-state index contributed by atoms with van der Waals surface area (Å²) in [5, 5.41) is 1.50. The fourth-order valence-corrected chi connectivity index (χ4v) is 3.46. The molecule has 1 atom stereocenters. The van der Waals surface area contributed by atoms with E-state index in [1.165, 1.54) is 24.3 Å². The Balaban J connectivity index is 2.31. The Hall–Kier alpha value is -1.73. The van der Waals surface area contributed by atoms with Crippen molar-refractivity contribution in [2.45, 2.75) is 6.92 Å². The van der Waals surface area contributed by atoms with Gasteiger partial charge in [0.25, 0.3) is 0 Å². The third-order valence-corrected chi connectivity index (χ3v) is 4.26. The average Bonchev–Trinajstić information content (AvgIpc) is 2.71. The van der Waals surface area contributed by atoms with Crippen LogP contribution in [0.5, 0.6) is 0 Å². The zero-order valence-electron chi connectivity index (χ0n) is 10.1. The van der Waals surface area contributed by atoms with Crippen LogP contribution in [0, 0.1) is 24.4 Å². The molecule has 1 unspecified atom stereocenters. The molecule has 0 saturated heterocycles. The smallest absolute Gasteiger partial charge is 0.134 e. The molecule has 0 spiro atoms. The molecule has 0 aliphatic heterocycles. The average molecular weight is 278 g/mol. The maximum Gasteiger partial charge on any atom is 0.134 e. The normalized spacial score (nSPS) is 11.6. The van der Waals surface area contributed by atoms with Crippen molar-refractivity contribution >= 4 is 18.7 Å². The molecule has 0 aliphatic carbocycles. The Bertz CT molecular complexity index is 751. The Morgan fingerprint density at radius 1 is 0.947 bits per heavy atom. The van der Waals surface area contributed by atoms with Gasteiger partial charge in [-0.25, -0.2) is 13.2 Å². The van der Waals surface area contributed by atoms with E-state index in [1.54, 1.807) is 18.8 Å². The van der Waals surface area contributed by atoms with Crippen LogP contribution in [-0.4, -0.2) is 0 Å². The van der Waals surface area contributed by atoms with Crippen LogP contribution in [0.4, 0.5) is 13.2 Å². The molecule has 3 rings (SSSR count). The maximum absolute atomic E-state index is 14.0. The van der Waals surface area contributed by atoms with E-state index in [-0.39, 0.29) is 19.6 Å². The lowest BCUT2D eigenvalue weighted by molar-refractivity contribution is 0.588. The van der Waals surface area contributed by atoms with Gasteiger partial charge in [-0.05, 0) is 53.5 Å². The van der Waals surface area contributed by atoms with Crippen LogP contribution >= 0.6 is 8.19 Å². The highest BCUT2D eigenvalue weighted by Gasteiger charge is 2.15. The number of aryl methyl sites for hydroxylation is 1. The van der Waals surface area contributed by atoms with Gasteiger partial charge in [-0.2, -0.15) is 0 Å². The molecule has 0 fully saturated rings. The number of fused-ring (bicyclic) bond motifs is 1. The first kappa shape index (κ1) is 12.3. The monoisotopic (exact) mass is 278 g/mol. The molecule has 0 amide bonds. The summed E-state index contributed by atoms with van der Waals surface area (Å²) in [5.74, 6) is 0.281. The SMILES string of the molecule is Cc1cc(F)c(-c2c[pH]c3cc(F)ccc23)c(F)c1. The molecule has 0 bridgehead atoms. The van der Waals surface area contributed by atoms with Crippen LogP contribution in [0.3, 0.4) is 0 Å². The van der Waals surface area contributed by atoms with E-state index in [9.17, 15) is 13.2 Å². The van der Waals surface area contributed by atoms with Crippen LogP contribution in [-0.2, 0) is 0 Å². The van der Waals surface area contributed by atoms with Gasteiger partial charge in [0.1, 0.15) is 17.5 Å². The van der Waals surface area contributed by atoms with Crippen LogP contribution in [0.15, 0.2) is 36.1 Å². The van der Waals surface area contributed by atoms with Gasteiger partial charge in [0, 0.05) is 5.12 Å². The quantitative estimate of drug-likeness (QED) is 0.569. The lowest BCUT2D eigenvalue weighted by atomic mass is 10.0. The van der Waals surface area contributed by atoms with E-state index in [2.05, 4.69) is 0 Å². The standard InChI is InChI=1S/C15H10F3P/c1-8-4-12(17)15(13(18)5-8)11-7-19-14-6-9(16)2-3-10(11)14/h2-7,19H,1H3. The van der Waals surface area contributed by atoms with Gasteiger partial charge in [0.2, 0.25) is 0 Å². The van der Waals surface area contributed by atoms with Crippen molar-refractivity contribution in [1.82, 2.24) is 0 Å². The molecule has 19 heavy (non-hydrogen) atoms. The van der Waals surface area contributed by atoms with Crippen molar-refractivity contribution in [2.24, 2.45) is 0 Å². The van der Waals surface area contributed by atoms with Crippen molar-refractivity contribution in [3.05, 3.63) is 59.1 Å². The first-order valence-electron chi connectivity index (χ1n) is 5.79. The lowest BCUT2D eigenvalue weighted by Gasteiger charge is -2.06. The van der Waals surface area contributed by atoms with Crippen LogP contribution in [0.2, 0.25) is 0 Å². The molecular formula is C15H10F3P.